The summed E-state index contributed by atoms with van der Waals surface area (Å²) in [6.07, 6.45) is 5.39. The lowest BCUT2D eigenvalue weighted by atomic mass is 9.94. The van der Waals surface area contributed by atoms with Crippen LogP contribution in [0.4, 0.5) is 5.69 Å². The fourth-order valence-corrected chi connectivity index (χ4v) is 7.61. The van der Waals surface area contributed by atoms with E-state index in [-0.39, 0.29) is 23.4 Å². The maximum Gasteiger partial charge on any atom is 0.264 e. The van der Waals surface area contributed by atoms with Gasteiger partial charge >= 0.3 is 0 Å². The van der Waals surface area contributed by atoms with Gasteiger partial charge in [0.1, 0.15) is 12.6 Å². The third-order valence-electron chi connectivity index (χ3n) is 8.87. The molecular weight excluding hydrogens is 595 g/mol. The highest BCUT2D eigenvalue weighted by atomic mass is 32.2. The van der Waals surface area contributed by atoms with Gasteiger partial charge in [0.15, 0.2) is 0 Å². The van der Waals surface area contributed by atoms with Gasteiger partial charge in [-0.05, 0) is 67.1 Å². The number of hydrogen-bond acceptors (Lipinski definition) is 4. The molecule has 4 aromatic rings. The SMILES string of the molecule is Cc1cccc(N(CC(=O)N(Cc2ccccc2)C(Cc2ccccc2)C(=O)NC2CCCCC2)S(=O)(=O)c2ccccc2)c1C. The first-order valence-corrected chi connectivity index (χ1v) is 17.5. The second kappa shape index (κ2) is 15.2. The topological polar surface area (TPSA) is 86.8 Å². The van der Waals surface area contributed by atoms with Gasteiger partial charge in [-0.1, -0.05) is 110 Å². The number of sulfonamides is 1. The van der Waals surface area contributed by atoms with Crippen molar-refractivity contribution in [3.05, 3.63) is 131 Å². The van der Waals surface area contributed by atoms with Gasteiger partial charge < -0.3 is 10.2 Å². The Morgan fingerprint density at radius 1 is 0.761 bits per heavy atom. The summed E-state index contributed by atoms with van der Waals surface area (Å²) in [6, 6.07) is 32.0. The van der Waals surface area contributed by atoms with Gasteiger partial charge in [0.2, 0.25) is 11.8 Å². The molecule has 0 aliphatic heterocycles. The molecule has 0 saturated heterocycles. The molecule has 5 rings (SSSR count). The first-order valence-electron chi connectivity index (χ1n) is 16.1. The zero-order valence-corrected chi connectivity index (χ0v) is 27.5. The average molecular weight is 638 g/mol. The molecule has 0 spiro atoms. The second-order valence-electron chi connectivity index (χ2n) is 12.1. The van der Waals surface area contributed by atoms with Gasteiger partial charge in [0.05, 0.1) is 10.6 Å². The van der Waals surface area contributed by atoms with Crippen LogP contribution in [-0.4, -0.2) is 43.8 Å². The lowest BCUT2D eigenvalue weighted by molar-refractivity contribution is -0.140. The predicted octanol–water partition coefficient (Wildman–Crippen LogP) is 6.59. The number of carbonyl (C=O) groups excluding carboxylic acids is 2. The van der Waals surface area contributed by atoms with E-state index in [1.807, 2.05) is 80.6 Å². The Hall–Kier alpha value is -4.43. The molecule has 4 aromatic carbocycles. The predicted molar refractivity (Wildman–Crippen MR) is 183 cm³/mol. The maximum atomic E-state index is 14.7. The number of rotatable bonds is 12. The zero-order valence-electron chi connectivity index (χ0n) is 26.6. The van der Waals surface area contributed by atoms with Gasteiger partial charge in [-0.25, -0.2) is 8.42 Å². The van der Waals surface area contributed by atoms with Crippen LogP contribution in [0.1, 0.15) is 54.4 Å². The fraction of sp³-hybridized carbons (Fsp3) is 0.316. The quantitative estimate of drug-likeness (QED) is 0.190. The number of anilines is 1. The second-order valence-corrected chi connectivity index (χ2v) is 14.0. The van der Waals surface area contributed by atoms with Gasteiger partial charge in [-0.3, -0.25) is 13.9 Å². The highest BCUT2D eigenvalue weighted by Gasteiger charge is 2.35. The summed E-state index contributed by atoms with van der Waals surface area (Å²) in [6.45, 7) is 3.47. The van der Waals surface area contributed by atoms with Crippen LogP contribution in [0.2, 0.25) is 0 Å². The standard InChI is InChI=1S/C38H43N3O4S/c1-29-16-15-25-35(30(29)2)41(46(44,45)34-23-13-6-14-24-34)28-37(42)40(27-32-19-9-4-10-20-32)36(26-31-17-7-3-8-18-31)38(43)39-33-21-11-5-12-22-33/h3-4,6-10,13-20,23-25,33,36H,5,11-12,21-22,26-28H2,1-2H3,(H,39,43). The van der Waals surface area contributed by atoms with E-state index in [0.717, 1.165) is 54.4 Å². The van der Waals surface area contributed by atoms with Gasteiger partial charge in [0, 0.05) is 19.0 Å². The normalized spacial score (nSPS) is 14.3. The molecule has 7 nitrogen and oxygen atoms in total. The van der Waals surface area contributed by atoms with Crippen molar-refractivity contribution < 1.29 is 18.0 Å². The molecule has 1 fully saturated rings. The van der Waals surface area contributed by atoms with E-state index in [1.165, 1.54) is 16.4 Å². The minimum Gasteiger partial charge on any atom is -0.352 e. The molecule has 1 saturated carbocycles. The van der Waals surface area contributed by atoms with E-state index in [2.05, 4.69) is 5.32 Å². The van der Waals surface area contributed by atoms with E-state index in [9.17, 15) is 18.0 Å². The number of benzene rings is 4. The maximum absolute atomic E-state index is 14.7. The summed E-state index contributed by atoms with van der Waals surface area (Å²) < 4.78 is 29.7. The lowest BCUT2D eigenvalue weighted by Crippen LogP contribution is -2.55. The zero-order chi connectivity index (χ0) is 32.5. The largest absolute Gasteiger partial charge is 0.352 e. The van der Waals surface area contributed by atoms with Crippen molar-refractivity contribution in [1.29, 1.82) is 0 Å². The van der Waals surface area contributed by atoms with E-state index in [0.29, 0.717) is 12.1 Å². The van der Waals surface area contributed by atoms with Crippen LogP contribution in [0.3, 0.4) is 0 Å². The number of amides is 2. The number of hydrogen-bond donors (Lipinski definition) is 1. The van der Waals surface area contributed by atoms with Crippen LogP contribution in [-0.2, 0) is 32.6 Å². The Labute approximate surface area is 273 Å². The average Bonchev–Trinajstić information content (AvgIpc) is 3.08. The van der Waals surface area contributed by atoms with Crippen molar-refractivity contribution in [3.8, 4) is 0 Å². The summed E-state index contributed by atoms with van der Waals surface area (Å²) in [5, 5.41) is 3.25. The third-order valence-corrected chi connectivity index (χ3v) is 10.6. The molecule has 240 valence electrons. The van der Waals surface area contributed by atoms with Gasteiger partial charge in [-0.2, -0.15) is 0 Å². The summed E-state index contributed by atoms with van der Waals surface area (Å²) >= 11 is 0. The molecule has 1 atom stereocenters. The van der Waals surface area contributed by atoms with E-state index in [4.69, 9.17) is 0 Å². The van der Waals surface area contributed by atoms with E-state index < -0.39 is 28.5 Å². The Morgan fingerprint density at radius 3 is 1.98 bits per heavy atom. The van der Waals surface area contributed by atoms with Crippen molar-refractivity contribution >= 4 is 27.5 Å². The van der Waals surface area contributed by atoms with Gasteiger partial charge in [-0.15, -0.1) is 0 Å². The van der Waals surface area contributed by atoms with Crippen molar-refractivity contribution in [3.63, 3.8) is 0 Å². The molecule has 8 heteroatoms. The number of carbonyl (C=O) groups is 2. The monoisotopic (exact) mass is 637 g/mol. The molecular formula is C38H43N3O4S. The summed E-state index contributed by atoms with van der Waals surface area (Å²) in [5.41, 5.74) is 3.88. The Morgan fingerprint density at radius 2 is 1.35 bits per heavy atom. The highest BCUT2D eigenvalue weighted by Crippen LogP contribution is 2.29. The number of nitrogens with zero attached hydrogens (tertiary/aromatic N) is 2. The molecule has 1 unspecified atom stereocenters. The fourth-order valence-electron chi connectivity index (χ4n) is 6.12. The molecule has 0 radical (unpaired) electrons. The molecule has 1 N–H and O–H groups in total. The Kier molecular flexibility index (Phi) is 10.9. The third kappa shape index (κ3) is 8.04. The molecule has 0 bridgehead atoms. The number of aryl methyl sites for hydroxylation is 1. The Bertz CT molecular complexity index is 1710. The first-order chi connectivity index (χ1) is 22.2. The summed E-state index contributed by atoms with van der Waals surface area (Å²) in [7, 11) is -4.14. The van der Waals surface area contributed by atoms with Crippen LogP contribution in [0.15, 0.2) is 114 Å². The van der Waals surface area contributed by atoms with Crippen LogP contribution < -0.4 is 9.62 Å². The van der Waals surface area contributed by atoms with Crippen LogP contribution in [0.25, 0.3) is 0 Å². The molecule has 1 aliphatic carbocycles. The minimum absolute atomic E-state index is 0.0538. The first kappa shape index (κ1) is 32.9. The van der Waals surface area contributed by atoms with Crippen LogP contribution in [0.5, 0.6) is 0 Å². The van der Waals surface area contributed by atoms with Gasteiger partial charge in [0.25, 0.3) is 10.0 Å². The number of nitrogens with one attached hydrogen (secondary N) is 1. The van der Waals surface area contributed by atoms with Crippen molar-refractivity contribution in [2.45, 2.75) is 75.9 Å². The lowest BCUT2D eigenvalue weighted by Gasteiger charge is -2.35. The smallest absolute Gasteiger partial charge is 0.264 e. The van der Waals surface area contributed by atoms with E-state index in [1.54, 1.807) is 35.2 Å². The molecule has 0 aromatic heterocycles. The van der Waals surface area contributed by atoms with Crippen molar-refractivity contribution in [2.75, 3.05) is 10.8 Å². The van der Waals surface area contributed by atoms with Crippen molar-refractivity contribution in [2.24, 2.45) is 0 Å². The van der Waals surface area contributed by atoms with E-state index >= 15 is 0 Å². The molecule has 1 aliphatic rings. The summed E-state index contributed by atoms with van der Waals surface area (Å²) in [5.74, 6) is -0.673. The highest BCUT2D eigenvalue weighted by molar-refractivity contribution is 7.92. The molecule has 46 heavy (non-hydrogen) atoms. The van der Waals surface area contributed by atoms with Crippen molar-refractivity contribution in [1.82, 2.24) is 10.2 Å². The molecule has 0 heterocycles. The molecule has 2 amide bonds. The summed E-state index contributed by atoms with van der Waals surface area (Å²) in [4.78, 5) is 30.5. The van der Waals surface area contributed by atoms with Crippen LogP contribution in [0, 0.1) is 13.8 Å². The van der Waals surface area contributed by atoms with Crippen LogP contribution >= 0.6 is 0 Å². The minimum atomic E-state index is -4.14. The Balaban J connectivity index is 1.57.